The second kappa shape index (κ2) is 7.28. The summed E-state index contributed by atoms with van der Waals surface area (Å²) in [6, 6.07) is 15.8. The summed E-state index contributed by atoms with van der Waals surface area (Å²) < 4.78 is 1.10. The summed E-state index contributed by atoms with van der Waals surface area (Å²) >= 11 is 2.23. The molecular weight excluding hydrogens is 363 g/mol. The average molecular weight is 380 g/mol. The molecular formula is C16H17IN2O. The number of rotatable bonds is 5. The molecule has 2 aromatic carbocycles. The SMILES string of the molecule is CCc1ccccc1NCC(=O)Nc1cccc(I)c1. The summed E-state index contributed by atoms with van der Waals surface area (Å²) in [7, 11) is 0. The van der Waals surface area contributed by atoms with Gasteiger partial charge in [0.1, 0.15) is 0 Å². The lowest BCUT2D eigenvalue weighted by Gasteiger charge is -2.11. The maximum absolute atomic E-state index is 11.9. The zero-order valence-electron chi connectivity index (χ0n) is 11.3. The molecule has 0 bridgehead atoms. The normalized spacial score (nSPS) is 10.1. The molecule has 0 fully saturated rings. The number of amides is 1. The third-order valence-corrected chi connectivity index (χ3v) is 3.62. The molecule has 0 saturated heterocycles. The summed E-state index contributed by atoms with van der Waals surface area (Å²) in [5, 5.41) is 6.07. The lowest BCUT2D eigenvalue weighted by Crippen LogP contribution is -2.22. The van der Waals surface area contributed by atoms with Crippen LogP contribution in [0, 0.1) is 3.57 Å². The molecule has 0 atom stereocenters. The van der Waals surface area contributed by atoms with Gasteiger partial charge in [-0.3, -0.25) is 4.79 Å². The number of anilines is 2. The maximum atomic E-state index is 11.9. The van der Waals surface area contributed by atoms with Gasteiger partial charge in [0.15, 0.2) is 0 Å². The Morgan fingerprint density at radius 3 is 2.70 bits per heavy atom. The Labute approximate surface area is 132 Å². The highest BCUT2D eigenvalue weighted by Gasteiger charge is 2.04. The van der Waals surface area contributed by atoms with E-state index in [-0.39, 0.29) is 12.5 Å². The van der Waals surface area contributed by atoms with Crippen molar-refractivity contribution < 1.29 is 4.79 Å². The smallest absolute Gasteiger partial charge is 0.243 e. The van der Waals surface area contributed by atoms with Gasteiger partial charge in [-0.25, -0.2) is 0 Å². The van der Waals surface area contributed by atoms with E-state index in [0.717, 1.165) is 21.4 Å². The Hall–Kier alpha value is -1.56. The molecule has 104 valence electrons. The van der Waals surface area contributed by atoms with Crippen LogP contribution in [0.25, 0.3) is 0 Å². The van der Waals surface area contributed by atoms with Gasteiger partial charge in [0, 0.05) is 14.9 Å². The van der Waals surface area contributed by atoms with Crippen molar-refractivity contribution in [2.45, 2.75) is 13.3 Å². The highest BCUT2D eigenvalue weighted by atomic mass is 127. The molecule has 2 aromatic rings. The molecule has 0 radical (unpaired) electrons. The summed E-state index contributed by atoms with van der Waals surface area (Å²) in [6.45, 7) is 2.37. The van der Waals surface area contributed by atoms with E-state index >= 15 is 0 Å². The van der Waals surface area contributed by atoms with Crippen molar-refractivity contribution in [1.29, 1.82) is 0 Å². The van der Waals surface area contributed by atoms with E-state index < -0.39 is 0 Å². The number of nitrogens with one attached hydrogen (secondary N) is 2. The van der Waals surface area contributed by atoms with Crippen molar-refractivity contribution in [3.8, 4) is 0 Å². The molecule has 3 nitrogen and oxygen atoms in total. The number of aryl methyl sites for hydroxylation is 1. The van der Waals surface area contributed by atoms with Crippen LogP contribution in [0.4, 0.5) is 11.4 Å². The van der Waals surface area contributed by atoms with Gasteiger partial charge in [-0.15, -0.1) is 0 Å². The van der Waals surface area contributed by atoms with E-state index in [2.05, 4.69) is 46.2 Å². The fraction of sp³-hybridized carbons (Fsp3) is 0.188. The lowest BCUT2D eigenvalue weighted by molar-refractivity contribution is -0.114. The van der Waals surface area contributed by atoms with Crippen LogP contribution in [0.2, 0.25) is 0 Å². The average Bonchev–Trinajstić information content (AvgIpc) is 2.45. The van der Waals surface area contributed by atoms with Crippen LogP contribution < -0.4 is 10.6 Å². The number of halogens is 1. The van der Waals surface area contributed by atoms with Gasteiger partial charge in [-0.05, 0) is 58.8 Å². The highest BCUT2D eigenvalue weighted by Crippen LogP contribution is 2.15. The molecule has 4 heteroatoms. The maximum Gasteiger partial charge on any atom is 0.243 e. The largest absolute Gasteiger partial charge is 0.376 e. The minimum absolute atomic E-state index is 0.0436. The Kier molecular flexibility index (Phi) is 5.40. The first kappa shape index (κ1) is 14.8. The van der Waals surface area contributed by atoms with E-state index in [0.29, 0.717) is 0 Å². The third-order valence-electron chi connectivity index (χ3n) is 2.95. The number of carbonyl (C=O) groups excluding carboxylic acids is 1. The van der Waals surface area contributed by atoms with Crippen LogP contribution in [-0.4, -0.2) is 12.5 Å². The molecule has 0 saturated carbocycles. The fourth-order valence-corrected chi connectivity index (χ4v) is 2.49. The van der Waals surface area contributed by atoms with Gasteiger partial charge in [0.05, 0.1) is 6.54 Å². The van der Waals surface area contributed by atoms with Crippen molar-refractivity contribution in [2.75, 3.05) is 17.2 Å². The van der Waals surface area contributed by atoms with Crippen molar-refractivity contribution in [1.82, 2.24) is 0 Å². The first-order valence-electron chi connectivity index (χ1n) is 6.56. The third kappa shape index (κ3) is 4.23. The zero-order valence-corrected chi connectivity index (χ0v) is 13.5. The van der Waals surface area contributed by atoms with Crippen LogP contribution in [0.1, 0.15) is 12.5 Å². The number of hydrogen-bond acceptors (Lipinski definition) is 2. The van der Waals surface area contributed by atoms with Crippen LogP contribution in [0.5, 0.6) is 0 Å². The standard InChI is InChI=1S/C16H17IN2O/c1-2-12-6-3-4-9-15(12)18-11-16(20)19-14-8-5-7-13(17)10-14/h3-10,18H,2,11H2,1H3,(H,19,20). The molecule has 0 aromatic heterocycles. The summed E-state index contributed by atoms with van der Waals surface area (Å²) in [6.07, 6.45) is 0.946. The van der Waals surface area contributed by atoms with Gasteiger partial charge < -0.3 is 10.6 Å². The molecule has 0 aliphatic rings. The molecule has 2 N–H and O–H groups in total. The van der Waals surface area contributed by atoms with E-state index in [9.17, 15) is 4.79 Å². The highest BCUT2D eigenvalue weighted by molar-refractivity contribution is 14.1. The van der Waals surface area contributed by atoms with Gasteiger partial charge >= 0.3 is 0 Å². The molecule has 20 heavy (non-hydrogen) atoms. The van der Waals surface area contributed by atoms with Crippen molar-refractivity contribution in [3.63, 3.8) is 0 Å². The minimum atomic E-state index is -0.0436. The van der Waals surface area contributed by atoms with Crippen LogP contribution in [0.15, 0.2) is 48.5 Å². The van der Waals surface area contributed by atoms with Crippen LogP contribution >= 0.6 is 22.6 Å². The Balaban J connectivity index is 1.92. The van der Waals surface area contributed by atoms with Crippen molar-refractivity contribution in [2.24, 2.45) is 0 Å². The second-order valence-electron chi connectivity index (χ2n) is 4.42. The van der Waals surface area contributed by atoms with E-state index in [1.807, 2.05) is 42.5 Å². The Bertz CT molecular complexity index is 599. The van der Waals surface area contributed by atoms with Gasteiger partial charge in [-0.2, -0.15) is 0 Å². The summed E-state index contributed by atoms with van der Waals surface area (Å²) in [5.74, 6) is -0.0436. The molecule has 0 unspecified atom stereocenters. The fourth-order valence-electron chi connectivity index (χ4n) is 1.95. The second-order valence-corrected chi connectivity index (χ2v) is 5.67. The van der Waals surface area contributed by atoms with Gasteiger partial charge in [0.25, 0.3) is 0 Å². The quantitative estimate of drug-likeness (QED) is 0.773. The van der Waals surface area contributed by atoms with E-state index in [1.54, 1.807) is 0 Å². The predicted molar refractivity (Wildman–Crippen MR) is 92.1 cm³/mol. The Morgan fingerprint density at radius 2 is 1.95 bits per heavy atom. The molecule has 0 spiro atoms. The number of hydrogen-bond donors (Lipinski definition) is 2. The van der Waals surface area contributed by atoms with Crippen LogP contribution in [-0.2, 0) is 11.2 Å². The molecule has 2 rings (SSSR count). The summed E-state index contributed by atoms with van der Waals surface area (Å²) in [5.41, 5.74) is 3.06. The van der Waals surface area contributed by atoms with E-state index in [4.69, 9.17) is 0 Å². The molecule has 0 heterocycles. The Morgan fingerprint density at radius 1 is 1.15 bits per heavy atom. The molecule has 0 aliphatic carbocycles. The first-order chi connectivity index (χ1) is 9.69. The predicted octanol–water partition coefficient (Wildman–Crippen LogP) is 3.90. The van der Waals surface area contributed by atoms with Gasteiger partial charge in [0.2, 0.25) is 5.91 Å². The first-order valence-corrected chi connectivity index (χ1v) is 7.64. The topological polar surface area (TPSA) is 41.1 Å². The number of benzene rings is 2. The molecule has 1 amide bonds. The minimum Gasteiger partial charge on any atom is -0.376 e. The number of para-hydroxylation sites is 1. The summed E-state index contributed by atoms with van der Waals surface area (Å²) in [4.78, 5) is 11.9. The van der Waals surface area contributed by atoms with Crippen LogP contribution in [0.3, 0.4) is 0 Å². The van der Waals surface area contributed by atoms with E-state index in [1.165, 1.54) is 5.56 Å². The monoisotopic (exact) mass is 380 g/mol. The number of carbonyl (C=O) groups is 1. The van der Waals surface area contributed by atoms with Crippen molar-refractivity contribution in [3.05, 3.63) is 57.7 Å². The van der Waals surface area contributed by atoms with Gasteiger partial charge in [-0.1, -0.05) is 31.2 Å². The van der Waals surface area contributed by atoms with Crippen molar-refractivity contribution >= 4 is 39.9 Å². The zero-order chi connectivity index (χ0) is 14.4. The lowest BCUT2D eigenvalue weighted by atomic mass is 10.1. The molecule has 0 aliphatic heterocycles.